The van der Waals surface area contributed by atoms with E-state index < -0.39 is 0 Å². The summed E-state index contributed by atoms with van der Waals surface area (Å²) in [6.07, 6.45) is 2.44. The molecular formula is C15H29N3OS. The third-order valence-corrected chi connectivity index (χ3v) is 4.46. The summed E-state index contributed by atoms with van der Waals surface area (Å²) >= 11 is 4.83. The van der Waals surface area contributed by atoms with E-state index in [1.165, 1.54) is 6.42 Å². The Morgan fingerprint density at radius 2 is 2.05 bits per heavy atom. The fourth-order valence-electron chi connectivity index (χ4n) is 2.59. The maximum Gasteiger partial charge on any atom is 0.223 e. The van der Waals surface area contributed by atoms with Crippen LogP contribution in [0.15, 0.2) is 0 Å². The predicted molar refractivity (Wildman–Crippen MR) is 87.7 cm³/mol. The summed E-state index contributed by atoms with van der Waals surface area (Å²) in [6.45, 7) is 10.6. The lowest BCUT2D eigenvalue weighted by atomic mass is 9.80. The Morgan fingerprint density at radius 3 is 2.55 bits per heavy atom. The second-order valence-corrected chi connectivity index (χ2v) is 7.46. The van der Waals surface area contributed by atoms with Crippen LogP contribution in [0.1, 0.15) is 40.0 Å². The van der Waals surface area contributed by atoms with Gasteiger partial charge in [-0.15, -0.1) is 0 Å². The molecule has 0 aromatic heterocycles. The molecule has 0 saturated carbocycles. The van der Waals surface area contributed by atoms with Gasteiger partial charge in [0, 0.05) is 39.5 Å². The predicted octanol–water partition coefficient (Wildman–Crippen LogP) is 1.88. The molecule has 5 heteroatoms. The van der Waals surface area contributed by atoms with E-state index in [1.54, 1.807) is 4.90 Å². The van der Waals surface area contributed by atoms with Crippen LogP contribution in [-0.4, -0.2) is 53.9 Å². The number of thiocarbonyl (C=S) groups is 1. The normalized spacial score (nSPS) is 20.1. The Kier molecular flexibility index (Phi) is 6.40. The van der Waals surface area contributed by atoms with Gasteiger partial charge in [-0.2, -0.15) is 0 Å². The maximum absolute atomic E-state index is 12.0. The molecule has 0 spiro atoms. The Bertz CT molecular complexity index is 352. The first-order valence-corrected chi connectivity index (χ1v) is 7.85. The van der Waals surface area contributed by atoms with Crippen LogP contribution in [0.4, 0.5) is 0 Å². The number of carbonyl (C=O) groups excluding carboxylic acids is 1. The number of likely N-dealkylation sites (tertiary alicyclic amines) is 1. The van der Waals surface area contributed by atoms with Crippen LogP contribution in [0.3, 0.4) is 0 Å². The largest absolute Gasteiger partial charge is 0.393 e. The van der Waals surface area contributed by atoms with Crippen LogP contribution in [0, 0.1) is 11.3 Å². The molecule has 1 atom stereocenters. The highest BCUT2D eigenvalue weighted by molar-refractivity contribution is 7.80. The van der Waals surface area contributed by atoms with E-state index in [1.807, 2.05) is 7.05 Å². The van der Waals surface area contributed by atoms with E-state index >= 15 is 0 Å². The van der Waals surface area contributed by atoms with Gasteiger partial charge in [0.25, 0.3) is 0 Å². The third kappa shape index (κ3) is 5.75. The molecule has 1 fully saturated rings. The van der Waals surface area contributed by atoms with Crippen LogP contribution in [0.2, 0.25) is 0 Å². The van der Waals surface area contributed by atoms with Gasteiger partial charge in [-0.3, -0.25) is 4.79 Å². The van der Waals surface area contributed by atoms with Crippen LogP contribution < -0.4 is 5.73 Å². The molecule has 0 bridgehead atoms. The summed E-state index contributed by atoms with van der Waals surface area (Å²) in [7, 11) is 1.82. The topological polar surface area (TPSA) is 49.6 Å². The minimum absolute atomic E-state index is 0.181. The molecule has 0 aromatic rings. The summed E-state index contributed by atoms with van der Waals surface area (Å²) in [6, 6.07) is 0. The number of amides is 1. The van der Waals surface area contributed by atoms with E-state index in [-0.39, 0.29) is 5.91 Å². The van der Waals surface area contributed by atoms with Crippen molar-refractivity contribution in [1.29, 1.82) is 0 Å². The molecule has 1 saturated heterocycles. The molecule has 1 aliphatic heterocycles. The lowest BCUT2D eigenvalue weighted by Crippen LogP contribution is -2.33. The van der Waals surface area contributed by atoms with Gasteiger partial charge in [0.15, 0.2) is 0 Å². The number of hydrogen-bond donors (Lipinski definition) is 1. The van der Waals surface area contributed by atoms with Crippen molar-refractivity contribution in [2.75, 3.05) is 33.2 Å². The van der Waals surface area contributed by atoms with E-state index in [2.05, 4.69) is 25.7 Å². The van der Waals surface area contributed by atoms with Crippen molar-refractivity contribution >= 4 is 23.1 Å². The summed E-state index contributed by atoms with van der Waals surface area (Å²) in [4.78, 5) is 16.6. The van der Waals surface area contributed by atoms with Crippen LogP contribution >= 0.6 is 12.2 Å². The Balaban J connectivity index is 2.27. The molecule has 20 heavy (non-hydrogen) atoms. The number of hydrogen-bond acceptors (Lipinski definition) is 3. The quantitative estimate of drug-likeness (QED) is 0.761. The standard InChI is InChI=1S/C15H29N3OS/c1-15(2,3)12-5-9-18(11-12)10-7-14(19)17(4)8-6-13(16)20/h12H,5-11H2,1-4H3,(H2,16,20). The zero-order valence-electron chi connectivity index (χ0n) is 13.3. The number of nitrogens with zero attached hydrogens (tertiary/aromatic N) is 2. The first-order valence-electron chi connectivity index (χ1n) is 7.44. The van der Waals surface area contributed by atoms with Crippen LogP contribution in [0.5, 0.6) is 0 Å². The van der Waals surface area contributed by atoms with E-state index in [0.717, 1.165) is 25.6 Å². The summed E-state index contributed by atoms with van der Waals surface area (Å²) in [5.41, 5.74) is 5.82. The van der Waals surface area contributed by atoms with Crippen molar-refractivity contribution < 1.29 is 4.79 Å². The molecule has 0 radical (unpaired) electrons. The lowest BCUT2D eigenvalue weighted by Gasteiger charge is -2.27. The molecule has 1 aliphatic rings. The van der Waals surface area contributed by atoms with Crippen molar-refractivity contribution in [3.63, 3.8) is 0 Å². The average Bonchev–Trinajstić information content (AvgIpc) is 2.81. The molecule has 0 aromatic carbocycles. The molecule has 0 aliphatic carbocycles. The summed E-state index contributed by atoms with van der Waals surface area (Å²) < 4.78 is 0. The Hall–Kier alpha value is -0.680. The molecule has 1 heterocycles. The smallest absolute Gasteiger partial charge is 0.223 e. The van der Waals surface area contributed by atoms with Gasteiger partial charge < -0.3 is 15.5 Å². The summed E-state index contributed by atoms with van der Waals surface area (Å²) in [5.74, 6) is 0.922. The summed E-state index contributed by atoms with van der Waals surface area (Å²) in [5, 5.41) is 0. The monoisotopic (exact) mass is 299 g/mol. The van der Waals surface area contributed by atoms with Crippen molar-refractivity contribution in [3.05, 3.63) is 0 Å². The van der Waals surface area contributed by atoms with Crippen molar-refractivity contribution in [2.45, 2.75) is 40.0 Å². The minimum atomic E-state index is 0.181. The highest BCUT2D eigenvalue weighted by Crippen LogP contribution is 2.33. The fourth-order valence-corrected chi connectivity index (χ4v) is 2.68. The Morgan fingerprint density at radius 1 is 1.40 bits per heavy atom. The second kappa shape index (κ2) is 7.36. The second-order valence-electron chi connectivity index (χ2n) is 6.93. The molecule has 1 unspecified atom stereocenters. The van der Waals surface area contributed by atoms with Crippen LogP contribution in [0.25, 0.3) is 0 Å². The first kappa shape index (κ1) is 17.4. The van der Waals surface area contributed by atoms with Crippen LogP contribution in [-0.2, 0) is 4.79 Å². The molecule has 2 N–H and O–H groups in total. The molecule has 1 rings (SSSR count). The van der Waals surface area contributed by atoms with E-state index in [0.29, 0.717) is 29.8 Å². The molecule has 116 valence electrons. The van der Waals surface area contributed by atoms with Gasteiger partial charge in [-0.25, -0.2) is 0 Å². The van der Waals surface area contributed by atoms with E-state index in [4.69, 9.17) is 18.0 Å². The van der Waals surface area contributed by atoms with Crippen molar-refractivity contribution in [3.8, 4) is 0 Å². The molecular weight excluding hydrogens is 270 g/mol. The lowest BCUT2D eigenvalue weighted by molar-refractivity contribution is -0.130. The van der Waals surface area contributed by atoms with Crippen molar-refractivity contribution in [1.82, 2.24) is 9.80 Å². The highest BCUT2D eigenvalue weighted by Gasteiger charge is 2.31. The number of carbonyl (C=O) groups is 1. The fraction of sp³-hybridized carbons (Fsp3) is 0.867. The van der Waals surface area contributed by atoms with E-state index in [9.17, 15) is 4.79 Å². The molecule has 1 amide bonds. The zero-order chi connectivity index (χ0) is 15.3. The van der Waals surface area contributed by atoms with Gasteiger partial charge in [-0.1, -0.05) is 33.0 Å². The first-order chi connectivity index (χ1) is 9.20. The number of nitrogens with two attached hydrogens (primary N) is 1. The Labute approximate surface area is 128 Å². The van der Waals surface area contributed by atoms with Gasteiger partial charge >= 0.3 is 0 Å². The zero-order valence-corrected chi connectivity index (χ0v) is 14.1. The highest BCUT2D eigenvalue weighted by atomic mass is 32.1. The minimum Gasteiger partial charge on any atom is -0.393 e. The third-order valence-electron chi connectivity index (χ3n) is 4.26. The number of rotatable bonds is 6. The van der Waals surface area contributed by atoms with Gasteiger partial charge in [-0.05, 0) is 24.3 Å². The van der Waals surface area contributed by atoms with Gasteiger partial charge in [0.1, 0.15) is 0 Å². The van der Waals surface area contributed by atoms with Gasteiger partial charge in [0.2, 0.25) is 5.91 Å². The SMILES string of the molecule is CN(CCC(N)=S)C(=O)CCN1CCC(C(C)(C)C)C1. The molecule has 4 nitrogen and oxygen atoms in total. The van der Waals surface area contributed by atoms with Gasteiger partial charge in [0.05, 0.1) is 4.99 Å². The maximum atomic E-state index is 12.0. The van der Waals surface area contributed by atoms with Crippen molar-refractivity contribution in [2.24, 2.45) is 17.1 Å². The average molecular weight is 299 g/mol.